The quantitative estimate of drug-likeness (QED) is 0.429. The molecule has 2 nitrogen and oxygen atoms in total. The normalized spacial score (nSPS) is 23.4. The summed E-state index contributed by atoms with van der Waals surface area (Å²) in [5.74, 6) is 1.32. The topological polar surface area (TPSA) is 18.5 Å². The Morgan fingerprint density at radius 1 is 0.833 bits per heavy atom. The van der Waals surface area contributed by atoms with Gasteiger partial charge in [-0.25, -0.2) is 0 Å². The Morgan fingerprint density at radius 3 is 1.67 bits per heavy atom. The molecule has 0 amide bonds. The van der Waals surface area contributed by atoms with Crippen LogP contribution in [0, 0.1) is 11.8 Å². The van der Waals surface area contributed by atoms with Crippen LogP contribution in [0.4, 0.5) is 0 Å². The second kappa shape index (κ2) is 10.6. The largest absolute Gasteiger partial charge is 0.381 e. The van der Waals surface area contributed by atoms with Gasteiger partial charge in [0.1, 0.15) is 0 Å². The van der Waals surface area contributed by atoms with Gasteiger partial charge >= 0.3 is 0 Å². The first-order valence-corrected chi connectivity index (χ1v) is 7.69. The lowest BCUT2D eigenvalue weighted by molar-refractivity contribution is 0.0298. The van der Waals surface area contributed by atoms with Gasteiger partial charge in [-0.05, 0) is 37.5 Å². The third-order valence-corrected chi connectivity index (χ3v) is 3.66. The zero-order valence-corrected chi connectivity index (χ0v) is 12.2. The maximum absolute atomic E-state index is 5.78. The van der Waals surface area contributed by atoms with E-state index in [1.165, 1.54) is 25.7 Å². The predicted octanol–water partition coefficient (Wildman–Crippen LogP) is 4.20. The molecule has 0 heterocycles. The van der Waals surface area contributed by atoms with Gasteiger partial charge in [0, 0.05) is 13.2 Å². The Balaban J connectivity index is 2.18. The van der Waals surface area contributed by atoms with E-state index in [9.17, 15) is 0 Å². The van der Waals surface area contributed by atoms with E-state index in [0.717, 1.165) is 39.3 Å². The van der Waals surface area contributed by atoms with Crippen molar-refractivity contribution in [3.05, 3.63) is 12.2 Å². The lowest BCUT2D eigenvalue weighted by atomic mass is 9.84. The van der Waals surface area contributed by atoms with Gasteiger partial charge in [-0.2, -0.15) is 0 Å². The molecule has 2 heteroatoms. The van der Waals surface area contributed by atoms with Crippen LogP contribution in [0.2, 0.25) is 0 Å². The van der Waals surface area contributed by atoms with Crippen LogP contribution in [0.15, 0.2) is 12.2 Å². The van der Waals surface area contributed by atoms with Crippen molar-refractivity contribution in [3.8, 4) is 0 Å². The van der Waals surface area contributed by atoms with E-state index >= 15 is 0 Å². The smallest absolute Gasteiger partial charge is 0.0500 e. The van der Waals surface area contributed by atoms with E-state index in [2.05, 4.69) is 26.0 Å². The highest BCUT2D eigenvalue weighted by Gasteiger charge is 2.22. The molecule has 2 unspecified atom stereocenters. The van der Waals surface area contributed by atoms with Crippen molar-refractivity contribution in [2.24, 2.45) is 11.8 Å². The molecular weight excluding hydrogens is 224 g/mol. The summed E-state index contributed by atoms with van der Waals surface area (Å²) in [5, 5.41) is 0. The number of unbranched alkanes of at least 4 members (excludes halogenated alkanes) is 2. The molecule has 0 bridgehead atoms. The Hall–Kier alpha value is -0.340. The van der Waals surface area contributed by atoms with Gasteiger partial charge in [0.25, 0.3) is 0 Å². The Kier molecular flexibility index (Phi) is 9.23. The van der Waals surface area contributed by atoms with Crippen molar-refractivity contribution in [3.63, 3.8) is 0 Å². The summed E-state index contributed by atoms with van der Waals surface area (Å²) >= 11 is 0. The van der Waals surface area contributed by atoms with E-state index < -0.39 is 0 Å². The fourth-order valence-electron chi connectivity index (χ4n) is 2.30. The van der Waals surface area contributed by atoms with Crippen molar-refractivity contribution in [1.82, 2.24) is 0 Å². The molecule has 0 N–H and O–H groups in total. The SMILES string of the molecule is CCCCOCC1CC=CCC1COCCCC. The van der Waals surface area contributed by atoms with Crippen molar-refractivity contribution in [2.45, 2.75) is 52.4 Å². The van der Waals surface area contributed by atoms with Gasteiger partial charge in [-0.3, -0.25) is 0 Å². The molecule has 0 aromatic heterocycles. The molecule has 1 rings (SSSR count). The summed E-state index contributed by atoms with van der Waals surface area (Å²) in [6.45, 7) is 8.06. The minimum Gasteiger partial charge on any atom is -0.381 e. The number of ether oxygens (including phenoxy) is 2. The molecule has 0 aromatic rings. The lowest BCUT2D eigenvalue weighted by Gasteiger charge is -2.28. The number of allylic oxidation sites excluding steroid dienone is 2. The molecule has 0 fully saturated rings. The first-order chi connectivity index (χ1) is 8.88. The minimum absolute atomic E-state index is 0.661. The van der Waals surface area contributed by atoms with Gasteiger partial charge in [0.05, 0.1) is 13.2 Å². The van der Waals surface area contributed by atoms with Gasteiger partial charge < -0.3 is 9.47 Å². The molecule has 0 spiro atoms. The van der Waals surface area contributed by atoms with Crippen LogP contribution in [0.3, 0.4) is 0 Å². The Morgan fingerprint density at radius 2 is 1.28 bits per heavy atom. The van der Waals surface area contributed by atoms with Crippen LogP contribution in [-0.4, -0.2) is 26.4 Å². The van der Waals surface area contributed by atoms with Gasteiger partial charge in [0.15, 0.2) is 0 Å². The first kappa shape index (κ1) is 15.7. The molecule has 18 heavy (non-hydrogen) atoms. The fraction of sp³-hybridized carbons (Fsp3) is 0.875. The summed E-state index contributed by atoms with van der Waals surface area (Å²) in [4.78, 5) is 0. The minimum atomic E-state index is 0.661. The summed E-state index contributed by atoms with van der Waals surface area (Å²) in [6.07, 6.45) is 11.7. The average molecular weight is 254 g/mol. The van der Waals surface area contributed by atoms with Crippen LogP contribution >= 0.6 is 0 Å². The highest BCUT2D eigenvalue weighted by molar-refractivity contribution is 4.94. The van der Waals surface area contributed by atoms with E-state index in [1.807, 2.05) is 0 Å². The third-order valence-electron chi connectivity index (χ3n) is 3.66. The molecular formula is C16H30O2. The molecule has 2 atom stereocenters. The molecule has 0 saturated heterocycles. The zero-order valence-electron chi connectivity index (χ0n) is 12.2. The molecule has 0 radical (unpaired) electrons. The number of hydrogen-bond acceptors (Lipinski definition) is 2. The molecule has 0 saturated carbocycles. The summed E-state index contributed by atoms with van der Waals surface area (Å²) in [5.41, 5.74) is 0. The highest BCUT2D eigenvalue weighted by atomic mass is 16.5. The number of rotatable bonds is 10. The average Bonchev–Trinajstić information content (AvgIpc) is 2.41. The Labute approximate surface area is 113 Å². The van der Waals surface area contributed by atoms with Gasteiger partial charge in [-0.1, -0.05) is 38.8 Å². The van der Waals surface area contributed by atoms with E-state index in [4.69, 9.17) is 9.47 Å². The highest BCUT2D eigenvalue weighted by Crippen LogP contribution is 2.26. The lowest BCUT2D eigenvalue weighted by Crippen LogP contribution is -2.26. The van der Waals surface area contributed by atoms with Crippen molar-refractivity contribution >= 4 is 0 Å². The monoisotopic (exact) mass is 254 g/mol. The molecule has 0 aliphatic heterocycles. The second-order valence-electron chi connectivity index (χ2n) is 5.32. The van der Waals surface area contributed by atoms with Crippen LogP contribution < -0.4 is 0 Å². The van der Waals surface area contributed by atoms with Crippen LogP contribution in [0.5, 0.6) is 0 Å². The summed E-state index contributed by atoms with van der Waals surface area (Å²) in [7, 11) is 0. The van der Waals surface area contributed by atoms with Crippen molar-refractivity contribution < 1.29 is 9.47 Å². The number of hydrogen-bond donors (Lipinski definition) is 0. The molecule has 1 aliphatic rings. The Bertz CT molecular complexity index is 191. The zero-order chi connectivity index (χ0) is 13.1. The van der Waals surface area contributed by atoms with Gasteiger partial charge in [0.2, 0.25) is 0 Å². The van der Waals surface area contributed by atoms with E-state index in [0.29, 0.717) is 11.8 Å². The van der Waals surface area contributed by atoms with Gasteiger partial charge in [-0.15, -0.1) is 0 Å². The van der Waals surface area contributed by atoms with Crippen molar-refractivity contribution in [2.75, 3.05) is 26.4 Å². The van der Waals surface area contributed by atoms with E-state index in [1.54, 1.807) is 0 Å². The maximum Gasteiger partial charge on any atom is 0.0500 e. The van der Waals surface area contributed by atoms with Crippen LogP contribution in [0.1, 0.15) is 52.4 Å². The second-order valence-corrected chi connectivity index (χ2v) is 5.32. The fourth-order valence-corrected chi connectivity index (χ4v) is 2.30. The van der Waals surface area contributed by atoms with E-state index in [-0.39, 0.29) is 0 Å². The first-order valence-electron chi connectivity index (χ1n) is 7.69. The molecule has 106 valence electrons. The van der Waals surface area contributed by atoms with Crippen molar-refractivity contribution in [1.29, 1.82) is 0 Å². The summed E-state index contributed by atoms with van der Waals surface area (Å²) < 4.78 is 11.6. The third kappa shape index (κ3) is 6.55. The predicted molar refractivity (Wildman–Crippen MR) is 76.8 cm³/mol. The standard InChI is InChI=1S/C16H30O2/c1-3-5-11-17-13-15-9-7-8-10-16(15)14-18-12-6-4-2/h7-8,15-16H,3-6,9-14H2,1-2H3. The summed E-state index contributed by atoms with van der Waals surface area (Å²) in [6, 6.07) is 0. The van der Waals surface area contributed by atoms with Crippen LogP contribution in [0.25, 0.3) is 0 Å². The maximum atomic E-state index is 5.78. The molecule has 1 aliphatic carbocycles. The van der Waals surface area contributed by atoms with Crippen LogP contribution in [-0.2, 0) is 9.47 Å². The molecule has 0 aromatic carbocycles.